The zero-order chi connectivity index (χ0) is 16.2. The fourth-order valence-electron chi connectivity index (χ4n) is 2.62. The molecular weight excluding hydrogens is 290 g/mol. The molecule has 0 fully saturated rings. The first kappa shape index (κ1) is 15.4. The van der Waals surface area contributed by atoms with Gasteiger partial charge in [0.05, 0.1) is 12.4 Å². The zero-order valence-corrected chi connectivity index (χ0v) is 13.5. The Kier molecular flexibility index (Phi) is 4.52. The largest absolute Gasteiger partial charge is 0.368 e. The summed E-state index contributed by atoms with van der Waals surface area (Å²) in [6.07, 6.45) is 4.05. The Labute approximate surface area is 136 Å². The van der Waals surface area contributed by atoms with Gasteiger partial charge >= 0.3 is 0 Å². The number of fused-ring (bicyclic) bond motifs is 1. The van der Waals surface area contributed by atoms with E-state index in [9.17, 15) is 4.79 Å². The predicted molar refractivity (Wildman–Crippen MR) is 90.9 cm³/mol. The molecule has 0 bridgehead atoms. The van der Waals surface area contributed by atoms with Gasteiger partial charge in [0.1, 0.15) is 11.5 Å². The van der Waals surface area contributed by atoms with Gasteiger partial charge in [-0.1, -0.05) is 18.2 Å². The van der Waals surface area contributed by atoms with E-state index in [4.69, 9.17) is 0 Å². The highest BCUT2D eigenvalue weighted by Gasteiger charge is 2.26. The molecule has 2 aromatic rings. The van der Waals surface area contributed by atoms with E-state index in [2.05, 4.69) is 26.3 Å². The summed E-state index contributed by atoms with van der Waals surface area (Å²) < 4.78 is 0. The van der Waals surface area contributed by atoms with Crippen LogP contribution in [0, 0.1) is 0 Å². The number of carbonyl (C=O) groups excluding carboxylic acids is 1. The number of nitrogens with zero attached hydrogens (tertiary/aromatic N) is 4. The number of amides is 1. The van der Waals surface area contributed by atoms with E-state index >= 15 is 0 Å². The molecule has 0 radical (unpaired) electrons. The highest BCUT2D eigenvalue weighted by atomic mass is 16.2. The van der Waals surface area contributed by atoms with Crippen LogP contribution in [0.25, 0.3) is 0 Å². The first-order valence-electron chi connectivity index (χ1n) is 7.75. The smallest absolute Gasteiger partial charge is 0.278 e. The van der Waals surface area contributed by atoms with Crippen molar-refractivity contribution in [2.75, 3.05) is 43.9 Å². The first-order chi connectivity index (χ1) is 11.1. The van der Waals surface area contributed by atoms with Crippen molar-refractivity contribution in [3.8, 4) is 0 Å². The Morgan fingerprint density at radius 1 is 1.26 bits per heavy atom. The quantitative estimate of drug-likeness (QED) is 0.910. The molecule has 1 aliphatic rings. The van der Waals surface area contributed by atoms with E-state index in [-0.39, 0.29) is 5.91 Å². The van der Waals surface area contributed by atoms with E-state index in [1.165, 1.54) is 5.56 Å². The van der Waals surface area contributed by atoms with Crippen molar-refractivity contribution in [1.82, 2.24) is 14.9 Å². The van der Waals surface area contributed by atoms with Crippen molar-refractivity contribution in [2.45, 2.75) is 6.42 Å². The normalized spacial score (nSPS) is 13.3. The summed E-state index contributed by atoms with van der Waals surface area (Å²) in [5.41, 5.74) is 2.56. The van der Waals surface area contributed by atoms with Gasteiger partial charge < -0.3 is 15.1 Å². The number of aromatic nitrogens is 2. The van der Waals surface area contributed by atoms with E-state index in [0.717, 1.165) is 25.2 Å². The molecule has 1 aromatic heterocycles. The molecule has 0 aliphatic carbocycles. The van der Waals surface area contributed by atoms with Crippen molar-refractivity contribution >= 4 is 17.4 Å². The van der Waals surface area contributed by atoms with Crippen molar-refractivity contribution in [3.63, 3.8) is 0 Å². The topological polar surface area (TPSA) is 61.4 Å². The molecule has 120 valence electrons. The molecule has 0 saturated heterocycles. The minimum atomic E-state index is -0.0951. The van der Waals surface area contributed by atoms with E-state index < -0.39 is 0 Å². The number of anilines is 2. The Balaban J connectivity index is 1.67. The minimum absolute atomic E-state index is 0.0951. The summed E-state index contributed by atoms with van der Waals surface area (Å²) in [6, 6.07) is 7.99. The van der Waals surface area contributed by atoms with Gasteiger partial charge in [-0.05, 0) is 32.1 Å². The maximum atomic E-state index is 12.6. The molecule has 1 amide bonds. The number of carbonyl (C=O) groups is 1. The SMILES string of the molecule is CN(C)CCNc1cnc(C(=O)N2CCc3ccccc32)cn1. The van der Waals surface area contributed by atoms with Crippen molar-refractivity contribution in [2.24, 2.45) is 0 Å². The Morgan fingerprint density at radius 2 is 2.09 bits per heavy atom. The van der Waals surface area contributed by atoms with E-state index in [0.29, 0.717) is 18.1 Å². The predicted octanol–water partition coefficient (Wildman–Crippen LogP) is 1.65. The van der Waals surface area contributed by atoms with Gasteiger partial charge in [-0.15, -0.1) is 0 Å². The number of hydrogen-bond acceptors (Lipinski definition) is 5. The molecule has 3 rings (SSSR count). The summed E-state index contributed by atoms with van der Waals surface area (Å²) in [5, 5.41) is 3.19. The zero-order valence-electron chi connectivity index (χ0n) is 13.5. The van der Waals surface area contributed by atoms with Gasteiger partial charge in [0.2, 0.25) is 0 Å². The Bertz CT molecular complexity index is 684. The summed E-state index contributed by atoms with van der Waals surface area (Å²) in [6.45, 7) is 2.39. The Morgan fingerprint density at radius 3 is 2.83 bits per heavy atom. The lowest BCUT2D eigenvalue weighted by atomic mass is 10.2. The fourth-order valence-corrected chi connectivity index (χ4v) is 2.62. The fraction of sp³-hybridized carbons (Fsp3) is 0.353. The molecule has 1 N–H and O–H groups in total. The number of nitrogens with one attached hydrogen (secondary N) is 1. The average Bonchev–Trinajstić information content (AvgIpc) is 2.98. The van der Waals surface area contributed by atoms with Crippen LogP contribution < -0.4 is 10.2 Å². The van der Waals surface area contributed by atoms with Crippen LogP contribution in [0.5, 0.6) is 0 Å². The lowest BCUT2D eigenvalue weighted by molar-refractivity contribution is 0.0984. The molecule has 0 atom stereocenters. The second kappa shape index (κ2) is 6.75. The van der Waals surface area contributed by atoms with Crippen LogP contribution in [-0.4, -0.2) is 54.5 Å². The molecule has 2 heterocycles. The summed E-state index contributed by atoms with van der Waals surface area (Å²) in [4.78, 5) is 25.0. The van der Waals surface area contributed by atoms with Crippen LogP contribution >= 0.6 is 0 Å². The molecule has 0 saturated carbocycles. The lowest BCUT2D eigenvalue weighted by Crippen LogP contribution is -2.29. The van der Waals surface area contributed by atoms with Gasteiger partial charge in [-0.25, -0.2) is 9.97 Å². The van der Waals surface area contributed by atoms with Crippen LogP contribution in [-0.2, 0) is 6.42 Å². The second-order valence-corrected chi connectivity index (χ2v) is 5.85. The molecule has 1 aliphatic heterocycles. The van der Waals surface area contributed by atoms with Crippen molar-refractivity contribution in [3.05, 3.63) is 47.9 Å². The maximum Gasteiger partial charge on any atom is 0.278 e. The Hall–Kier alpha value is -2.47. The molecule has 1 aromatic carbocycles. The highest BCUT2D eigenvalue weighted by Crippen LogP contribution is 2.28. The molecule has 6 heteroatoms. The summed E-state index contributed by atoms with van der Waals surface area (Å²) >= 11 is 0. The molecular formula is C17H21N5O. The average molecular weight is 311 g/mol. The van der Waals surface area contributed by atoms with E-state index in [1.54, 1.807) is 17.3 Å². The van der Waals surface area contributed by atoms with Gasteiger partial charge in [0.15, 0.2) is 0 Å². The monoisotopic (exact) mass is 311 g/mol. The second-order valence-electron chi connectivity index (χ2n) is 5.85. The third-order valence-electron chi connectivity index (χ3n) is 3.87. The van der Waals surface area contributed by atoms with Crippen LogP contribution in [0.3, 0.4) is 0 Å². The maximum absolute atomic E-state index is 12.6. The van der Waals surface area contributed by atoms with Crippen molar-refractivity contribution < 1.29 is 4.79 Å². The van der Waals surface area contributed by atoms with E-state index in [1.807, 2.05) is 32.3 Å². The summed E-state index contributed by atoms with van der Waals surface area (Å²) in [5.74, 6) is 0.590. The van der Waals surface area contributed by atoms with Crippen LogP contribution in [0.15, 0.2) is 36.7 Å². The van der Waals surface area contributed by atoms with Gasteiger partial charge in [0, 0.05) is 25.3 Å². The molecule has 0 unspecified atom stereocenters. The number of benzene rings is 1. The number of rotatable bonds is 5. The minimum Gasteiger partial charge on any atom is -0.368 e. The molecule has 0 spiro atoms. The number of likely N-dealkylation sites (N-methyl/N-ethyl adjacent to an activating group) is 1. The first-order valence-corrected chi connectivity index (χ1v) is 7.75. The molecule has 6 nitrogen and oxygen atoms in total. The van der Waals surface area contributed by atoms with Gasteiger partial charge in [-0.2, -0.15) is 0 Å². The van der Waals surface area contributed by atoms with Crippen LogP contribution in [0.2, 0.25) is 0 Å². The molecule has 23 heavy (non-hydrogen) atoms. The van der Waals surface area contributed by atoms with Crippen LogP contribution in [0.4, 0.5) is 11.5 Å². The third kappa shape index (κ3) is 3.48. The standard InChI is InChI=1S/C17H21N5O/c1-21(2)10-8-18-16-12-19-14(11-20-16)17(23)22-9-7-13-5-3-4-6-15(13)22/h3-6,11-12H,7-10H2,1-2H3,(H,18,20). The lowest BCUT2D eigenvalue weighted by Gasteiger charge is -2.16. The third-order valence-corrected chi connectivity index (χ3v) is 3.87. The van der Waals surface area contributed by atoms with Crippen molar-refractivity contribution in [1.29, 1.82) is 0 Å². The number of hydrogen-bond donors (Lipinski definition) is 1. The van der Waals surface area contributed by atoms with Gasteiger partial charge in [0.25, 0.3) is 5.91 Å². The number of para-hydroxylation sites is 1. The van der Waals surface area contributed by atoms with Crippen LogP contribution in [0.1, 0.15) is 16.1 Å². The highest BCUT2D eigenvalue weighted by molar-refractivity contribution is 6.05. The summed E-state index contributed by atoms with van der Waals surface area (Å²) in [7, 11) is 4.03. The van der Waals surface area contributed by atoms with Gasteiger partial charge in [-0.3, -0.25) is 4.79 Å².